The van der Waals surface area contributed by atoms with Gasteiger partial charge in [-0.25, -0.2) is 4.98 Å². The van der Waals surface area contributed by atoms with Crippen molar-refractivity contribution in [3.8, 4) is 5.19 Å². The Bertz CT molecular complexity index is 361. The van der Waals surface area contributed by atoms with E-state index in [9.17, 15) is 4.79 Å². The van der Waals surface area contributed by atoms with Gasteiger partial charge in [-0.3, -0.25) is 9.69 Å². The first-order valence-electron chi connectivity index (χ1n) is 6.33. The lowest BCUT2D eigenvalue weighted by molar-refractivity contribution is -0.122. The lowest BCUT2D eigenvalue weighted by Gasteiger charge is -2.30. The van der Waals surface area contributed by atoms with Crippen LogP contribution in [0.15, 0.2) is 11.6 Å². The molecule has 1 saturated heterocycles. The Hall–Kier alpha value is -1.14. The van der Waals surface area contributed by atoms with Gasteiger partial charge in [0.25, 0.3) is 5.19 Å². The van der Waals surface area contributed by atoms with E-state index in [4.69, 9.17) is 4.74 Å². The van der Waals surface area contributed by atoms with Crippen molar-refractivity contribution in [3.05, 3.63) is 11.6 Å². The number of hydrogen-bond donors (Lipinski definition) is 1. The Kier molecular flexibility index (Phi) is 4.95. The van der Waals surface area contributed by atoms with Crippen LogP contribution < -0.4 is 10.1 Å². The summed E-state index contributed by atoms with van der Waals surface area (Å²) >= 11 is 1.52. The molecule has 1 fully saturated rings. The summed E-state index contributed by atoms with van der Waals surface area (Å²) in [5.41, 5.74) is 0. The summed E-state index contributed by atoms with van der Waals surface area (Å²) in [7, 11) is 0. The third-order valence-corrected chi connectivity index (χ3v) is 3.61. The minimum absolute atomic E-state index is 0.108. The molecule has 2 heterocycles. The Balaban J connectivity index is 1.69. The van der Waals surface area contributed by atoms with Gasteiger partial charge in [-0.1, -0.05) is 11.3 Å². The van der Waals surface area contributed by atoms with E-state index in [-0.39, 0.29) is 12.0 Å². The van der Waals surface area contributed by atoms with Crippen LogP contribution in [0.4, 0.5) is 0 Å². The SMILES string of the molecule is CCNC(=O)CN1CCC(Oc2nccs2)CC1. The van der Waals surface area contributed by atoms with Gasteiger partial charge in [0.1, 0.15) is 6.10 Å². The molecule has 0 atom stereocenters. The second-order valence-corrected chi connectivity index (χ2v) is 5.20. The molecule has 6 heteroatoms. The molecule has 0 radical (unpaired) electrons. The maximum atomic E-state index is 11.5. The maximum absolute atomic E-state index is 11.5. The van der Waals surface area contributed by atoms with Gasteiger partial charge in [0.2, 0.25) is 5.91 Å². The summed E-state index contributed by atoms with van der Waals surface area (Å²) in [6.45, 7) is 4.95. The van der Waals surface area contributed by atoms with Gasteiger partial charge in [0.15, 0.2) is 0 Å². The average Bonchev–Trinajstić information content (AvgIpc) is 2.85. The van der Waals surface area contributed by atoms with E-state index < -0.39 is 0 Å². The minimum atomic E-state index is 0.108. The van der Waals surface area contributed by atoms with Crippen LogP contribution in [-0.2, 0) is 4.79 Å². The van der Waals surface area contributed by atoms with Crippen LogP contribution in [0.2, 0.25) is 0 Å². The molecule has 0 aromatic carbocycles. The zero-order valence-electron chi connectivity index (χ0n) is 10.6. The number of piperidine rings is 1. The third-order valence-electron chi connectivity index (χ3n) is 2.95. The third kappa shape index (κ3) is 3.96. The Morgan fingerprint density at radius 2 is 2.39 bits per heavy atom. The predicted octanol–water partition coefficient (Wildman–Crippen LogP) is 1.12. The molecular weight excluding hydrogens is 250 g/mol. The summed E-state index contributed by atoms with van der Waals surface area (Å²) in [5, 5.41) is 5.48. The van der Waals surface area contributed by atoms with Gasteiger partial charge >= 0.3 is 0 Å². The second kappa shape index (κ2) is 6.70. The number of hydrogen-bond acceptors (Lipinski definition) is 5. The molecule has 0 aliphatic carbocycles. The molecule has 5 nitrogen and oxygen atoms in total. The van der Waals surface area contributed by atoms with Crippen molar-refractivity contribution in [2.24, 2.45) is 0 Å². The number of likely N-dealkylation sites (tertiary alicyclic amines) is 1. The number of ether oxygens (including phenoxy) is 1. The first-order chi connectivity index (χ1) is 8.78. The molecule has 1 aliphatic heterocycles. The molecule has 1 amide bonds. The second-order valence-electron chi connectivity index (χ2n) is 4.34. The van der Waals surface area contributed by atoms with Crippen LogP contribution in [-0.4, -0.2) is 48.1 Å². The summed E-state index contributed by atoms with van der Waals surface area (Å²) in [5.74, 6) is 0.108. The number of carbonyl (C=O) groups is 1. The first-order valence-corrected chi connectivity index (χ1v) is 7.21. The number of rotatable bonds is 5. The Labute approximate surface area is 111 Å². The summed E-state index contributed by atoms with van der Waals surface area (Å²) in [4.78, 5) is 17.8. The van der Waals surface area contributed by atoms with E-state index in [0.29, 0.717) is 13.1 Å². The largest absolute Gasteiger partial charge is 0.467 e. The van der Waals surface area contributed by atoms with Gasteiger partial charge in [0, 0.05) is 31.2 Å². The molecule has 100 valence electrons. The number of nitrogens with zero attached hydrogens (tertiary/aromatic N) is 2. The van der Waals surface area contributed by atoms with Crippen LogP contribution in [0.1, 0.15) is 19.8 Å². The number of nitrogens with one attached hydrogen (secondary N) is 1. The molecular formula is C12H19N3O2S. The molecule has 1 aliphatic rings. The predicted molar refractivity (Wildman–Crippen MR) is 70.9 cm³/mol. The highest BCUT2D eigenvalue weighted by molar-refractivity contribution is 7.11. The van der Waals surface area contributed by atoms with Crippen LogP contribution >= 0.6 is 11.3 Å². The van der Waals surface area contributed by atoms with Crippen molar-refractivity contribution in [2.75, 3.05) is 26.2 Å². The van der Waals surface area contributed by atoms with Crippen molar-refractivity contribution < 1.29 is 9.53 Å². The van der Waals surface area contributed by atoms with E-state index in [1.807, 2.05) is 12.3 Å². The molecule has 1 N–H and O–H groups in total. The summed E-state index contributed by atoms with van der Waals surface area (Å²) < 4.78 is 5.78. The summed E-state index contributed by atoms with van der Waals surface area (Å²) in [6.07, 6.45) is 3.91. The van der Waals surface area contributed by atoms with Crippen molar-refractivity contribution >= 4 is 17.2 Å². The quantitative estimate of drug-likeness (QED) is 0.870. The van der Waals surface area contributed by atoms with Crippen molar-refractivity contribution in [1.82, 2.24) is 15.2 Å². The fourth-order valence-electron chi connectivity index (χ4n) is 2.05. The normalized spacial score (nSPS) is 17.6. The standard InChI is InChI=1S/C12H19N3O2S/c1-2-13-11(16)9-15-6-3-10(4-7-15)17-12-14-5-8-18-12/h5,8,10H,2-4,6-7,9H2,1H3,(H,13,16). The molecule has 0 saturated carbocycles. The van der Waals surface area contributed by atoms with E-state index in [1.54, 1.807) is 6.20 Å². The van der Waals surface area contributed by atoms with Crippen LogP contribution in [0, 0.1) is 0 Å². The van der Waals surface area contributed by atoms with E-state index in [1.165, 1.54) is 11.3 Å². The van der Waals surface area contributed by atoms with Crippen LogP contribution in [0.25, 0.3) is 0 Å². The number of amides is 1. The van der Waals surface area contributed by atoms with Gasteiger partial charge in [0.05, 0.1) is 6.54 Å². The zero-order chi connectivity index (χ0) is 12.8. The van der Waals surface area contributed by atoms with Crippen molar-refractivity contribution in [3.63, 3.8) is 0 Å². The van der Waals surface area contributed by atoms with Crippen molar-refractivity contribution in [2.45, 2.75) is 25.9 Å². The lowest BCUT2D eigenvalue weighted by atomic mass is 10.1. The monoisotopic (exact) mass is 269 g/mol. The highest BCUT2D eigenvalue weighted by atomic mass is 32.1. The molecule has 1 aromatic heterocycles. The molecule has 1 aromatic rings. The maximum Gasteiger partial charge on any atom is 0.273 e. The zero-order valence-corrected chi connectivity index (χ0v) is 11.4. The number of carbonyl (C=O) groups excluding carboxylic acids is 1. The van der Waals surface area contributed by atoms with Crippen LogP contribution in [0.3, 0.4) is 0 Å². The molecule has 18 heavy (non-hydrogen) atoms. The van der Waals surface area contributed by atoms with Gasteiger partial charge < -0.3 is 10.1 Å². The van der Waals surface area contributed by atoms with E-state index >= 15 is 0 Å². The smallest absolute Gasteiger partial charge is 0.273 e. The average molecular weight is 269 g/mol. The molecule has 0 bridgehead atoms. The summed E-state index contributed by atoms with van der Waals surface area (Å²) in [6, 6.07) is 0. The Morgan fingerprint density at radius 1 is 1.61 bits per heavy atom. The van der Waals surface area contributed by atoms with Gasteiger partial charge in [-0.2, -0.15) is 0 Å². The number of thiazole rings is 1. The highest BCUT2D eigenvalue weighted by Crippen LogP contribution is 2.20. The van der Waals surface area contributed by atoms with E-state index in [0.717, 1.165) is 31.1 Å². The fraction of sp³-hybridized carbons (Fsp3) is 0.667. The van der Waals surface area contributed by atoms with Gasteiger partial charge in [-0.05, 0) is 19.8 Å². The van der Waals surface area contributed by atoms with Gasteiger partial charge in [-0.15, -0.1) is 0 Å². The highest BCUT2D eigenvalue weighted by Gasteiger charge is 2.22. The van der Waals surface area contributed by atoms with Crippen LogP contribution in [0.5, 0.6) is 5.19 Å². The minimum Gasteiger partial charge on any atom is -0.467 e. The number of aromatic nitrogens is 1. The topological polar surface area (TPSA) is 54.5 Å². The number of likely N-dealkylation sites (N-methyl/N-ethyl adjacent to an activating group) is 1. The molecule has 0 spiro atoms. The van der Waals surface area contributed by atoms with E-state index in [2.05, 4.69) is 15.2 Å². The first kappa shape index (κ1) is 13.3. The molecule has 2 rings (SSSR count). The molecule has 0 unspecified atom stereocenters. The fourth-order valence-corrected chi connectivity index (χ4v) is 2.60. The lowest BCUT2D eigenvalue weighted by Crippen LogP contribution is -2.43. The van der Waals surface area contributed by atoms with Crippen molar-refractivity contribution in [1.29, 1.82) is 0 Å². The Morgan fingerprint density at radius 3 is 3.00 bits per heavy atom.